The van der Waals surface area contributed by atoms with Crippen molar-refractivity contribution >= 4 is 7.44 Å². The Labute approximate surface area is 100 Å². The highest BCUT2D eigenvalue weighted by Gasteiger charge is 2.34. The second-order valence-corrected chi connectivity index (χ2v) is 7.20. The molecule has 0 fully saturated rings. The molecule has 0 unspecified atom stereocenters. The highest BCUT2D eigenvalue weighted by molar-refractivity contribution is 7.63. The molecule has 0 rings (SSSR count). The van der Waals surface area contributed by atoms with Crippen molar-refractivity contribution in [3.8, 4) is 0 Å². The van der Waals surface area contributed by atoms with Gasteiger partial charge in [-0.3, -0.25) is 4.57 Å². The smallest absolute Gasteiger partial charge is 0.260 e. The van der Waals surface area contributed by atoms with E-state index in [0.29, 0.717) is 0 Å². The molecular weight excluding hydrogens is 221 g/mol. The quantitative estimate of drug-likeness (QED) is 0.674. The Morgan fingerprint density at radius 2 is 1.44 bits per heavy atom. The summed E-state index contributed by atoms with van der Waals surface area (Å²) in [7, 11) is 4.87. The van der Waals surface area contributed by atoms with Gasteiger partial charge in [0.25, 0.3) is 7.44 Å². The summed E-state index contributed by atoms with van der Waals surface area (Å²) >= 11 is 0. The van der Waals surface area contributed by atoms with Crippen LogP contribution in [-0.4, -0.2) is 55.5 Å². The molecule has 96 valence electrons. The van der Waals surface area contributed by atoms with Crippen LogP contribution >= 0.6 is 7.44 Å². The molecule has 0 aliphatic rings. The third-order valence-electron chi connectivity index (χ3n) is 2.73. The summed E-state index contributed by atoms with van der Waals surface area (Å²) in [6, 6.07) is 0. The molecule has 16 heavy (non-hydrogen) atoms. The van der Waals surface area contributed by atoms with Crippen LogP contribution in [0.5, 0.6) is 0 Å². The van der Waals surface area contributed by atoms with Gasteiger partial charge in [-0.05, 0) is 49.0 Å². The fraction of sp³-hybridized carbons (Fsp3) is 0.818. The molecule has 0 aromatic carbocycles. The van der Waals surface area contributed by atoms with E-state index in [9.17, 15) is 4.57 Å². The normalized spacial score (nSPS) is 13.7. The minimum absolute atomic E-state index is 0.877. The minimum Gasteiger partial charge on any atom is -0.367 e. The summed E-state index contributed by atoms with van der Waals surface area (Å²) in [5.74, 6) is 0. The molecule has 0 heterocycles. The Kier molecular flexibility index (Phi) is 6.31. The lowest BCUT2D eigenvalue weighted by Gasteiger charge is -2.37. The van der Waals surface area contributed by atoms with E-state index in [2.05, 4.69) is 18.7 Å². The topological polar surface area (TPSA) is 26.8 Å². The predicted octanol–water partition coefficient (Wildman–Crippen LogP) is 2.51. The van der Waals surface area contributed by atoms with E-state index in [1.807, 2.05) is 50.5 Å². The monoisotopic (exact) mass is 247 g/mol. The Hall–Kier alpha value is -0.310. The maximum atomic E-state index is 13.0. The van der Waals surface area contributed by atoms with E-state index in [4.69, 9.17) is 0 Å². The van der Waals surface area contributed by atoms with Crippen LogP contribution in [0, 0.1) is 0 Å². The van der Waals surface area contributed by atoms with Gasteiger partial charge in [-0.1, -0.05) is 6.08 Å². The van der Waals surface area contributed by atoms with Gasteiger partial charge in [-0.15, -0.1) is 0 Å². The van der Waals surface area contributed by atoms with Crippen LogP contribution in [0.1, 0.15) is 20.8 Å². The molecule has 0 saturated carbocycles. The number of rotatable bonds is 6. The summed E-state index contributed by atoms with van der Waals surface area (Å²) in [6.45, 7) is 7.88. The van der Waals surface area contributed by atoms with Crippen molar-refractivity contribution in [3.05, 3.63) is 11.5 Å². The van der Waals surface area contributed by atoms with Crippen LogP contribution in [0.15, 0.2) is 11.5 Å². The second kappa shape index (κ2) is 6.43. The standard InChI is InChI=1S/C11H26N3OP/c1-8-11(14(9-2)10-3)16(15,12(4)5)13(6)7/h8H,9-10H2,1-7H3/b11-8-. The first-order valence-corrected chi connectivity index (χ1v) is 7.34. The molecule has 4 nitrogen and oxygen atoms in total. The molecule has 0 amide bonds. The van der Waals surface area contributed by atoms with Crippen molar-refractivity contribution in [2.24, 2.45) is 0 Å². The van der Waals surface area contributed by atoms with Crippen molar-refractivity contribution in [2.45, 2.75) is 20.8 Å². The molecule has 0 radical (unpaired) electrons. The van der Waals surface area contributed by atoms with E-state index in [-0.39, 0.29) is 0 Å². The highest BCUT2D eigenvalue weighted by Crippen LogP contribution is 2.57. The minimum atomic E-state index is -2.61. The molecule has 0 spiro atoms. The SMILES string of the molecule is C/C=C(/N(CC)CC)P(=O)(N(C)C)N(C)C. The lowest BCUT2D eigenvalue weighted by molar-refractivity contribution is 0.374. The molecule has 0 saturated heterocycles. The molecule has 0 aliphatic heterocycles. The average Bonchev–Trinajstić information content (AvgIpc) is 2.23. The zero-order valence-electron chi connectivity index (χ0n) is 11.7. The van der Waals surface area contributed by atoms with Gasteiger partial charge < -0.3 is 4.90 Å². The van der Waals surface area contributed by atoms with Gasteiger partial charge in [0.2, 0.25) is 0 Å². The van der Waals surface area contributed by atoms with Gasteiger partial charge in [0.05, 0.1) is 5.44 Å². The Bertz CT molecular complexity index is 271. The van der Waals surface area contributed by atoms with E-state index in [0.717, 1.165) is 18.5 Å². The van der Waals surface area contributed by atoms with Crippen LogP contribution in [-0.2, 0) is 4.57 Å². The third-order valence-corrected chi connectivity index (χ3v) is 6.04. The van der Waals surface area contributed by atoms with Gasteiger partial charge in [0.15, 0.2) is 0 Å². The average molecular weight is 247 g/mol. The van der Waals surface area contributed by atoms with Crippen molar-refractivity contribution in [2.75, 3.05) is 41.3 Å². The van der Waals surface area contributed by atoms with Gasteiger partial charge in [-0.25, -0.2) is 9.34 Å². The highest BCUT2D eigenvalue weighted by atomic mass is 31.2. The first-order valence-electron chi connectivity index (χ1n) is 5.73. The molecule has 0 bridgehead atoms. The number of nitrogens with zero attached hydrogens (tertiary/aromatic N) is 3. The third kappa shape index (κ3) is 2.88. The molecule has 0 aromatic rings. The molecule has 0 N–H and O–H groups in total. The lowest BCUT2D eigenvalue weighted by Crippen LogP contribution is -2.31. The van der Waals surface area contributed by atoms with E-state index in [1.165, 1.54) is 0 Å². The van der Waals surface area contributed by atoms with E-state index >= 15 is 0 Å². The Balaban J connectivity index is 5.43. The summed E-state index contributed by atoms with van der Waals surface area (Å²) in [5, 5.41) is 0. The van der Waals surface area contributed by atoms with Crippen LogP contribution in [0.3, 0.4) is 0 Å². The molecule has 0 aliphatic carbocycles. The van der Waals surface area contributed by atoms with Crippen molar-refractivity contribution in [1.29, 1.82) is 0 Å². The van der Waals surface area contributed by atoms with Gasteiger partial charge in [-0.2, -0.15) is 0 Å². The number of hydrogen-bond acceptors (Lipinski definition) is 2. The zero-order chi connectivity index (χ0) is 12.9. The summed E-state index contributed by atoms with van der Waals surface area (Å²) in [4.78, 5) is 2.15. The van der Waals surface area contributed by atoms with Crippen molar-refractivity contribution < 1.29 is 4.57 Å². The van der Waals surface area contributed by atoms with Gasteiger partial charge in [0.1, 0.15) is 0 Å². The van der Waals surface area contributed by atoms with E-state index in [1.54, 1.807) is 0 Å². The number of allylic oxidation sites excluding steroid dienone is 1. The Morgan fingerprint density at radius 3 is 1.62 bits per heavy atom. The first kappa shape index (κ1) is 15.7. The molecule has 0 aromatic heterocycles. The van der Waals surface area contributed by atoms with E-state index < -0.39 is 7.44 Å². The van der Waals surface area contributed by atoms with Crippen LogP contribution in [0.4, 0.5) is 0 Å². The maximum Gasteiger partial charge on any atom is 0.260 e. The fourth-order valence-corrected chi connectivity index (χ4v) is 4.37. The number of hydrogen-bond donors (Lipinski definition) is 0. The fourth-order valence-electron chi connectivity index (χ4n) is 1.85. The van der Waals surface area contributed by atoms with Crippen LogP contribution in [0.2, 0.25) is 0 Å². The predicted molar refractivity (Wildman–Crippen MR) is 71.7 cm³/mol. The van der Waals surface area contributed by atoms with Crippen molar-refractivity contribution in [1.82, 2.24) is 14.2 Å². The zero-order valence-corrected chi connectivity index (χ0v) is 12.6. The summed E-state index contributed by atoms with van der Waals surface area (Å²) in [6.07, 6.45) is 1.97. The van der Waals surface area contributed by atoms with Crippen molar-refractivity contribution in [3.63, 3.8) is 0 Å². The maximum absolute atomic E-state index is 13.0. The molecule has 0 atom stereocenters. The molecular formula is C11H26N3OP. The largest absolute Gasteiger partial charge is 0.367 e. The van der Waals surface area contributed by atoms with Gasteiger partial charge >= 0.3 is 0 Å². The first-order chi connectivity index (χ1) is 7.35. The summed E-state index contributed by atoms with van der Waals surface area (Å²) < 4.78 is 16.7. The Morgan fingerprint density at radius 1 is 1.06 bits per heavy atom. The molecule has 5 heteroatoms. The van der Waals surface area contributed by atoms with Crippen LogP contribution < -0.4 is 0 Å². The second-order valence-electron chi connectivity index (χ2n) is 4.06. The van der Waals surface area contributed by atoms with Crippen LogP contribution in [0.25, 0.3) is 0 Å². The lowest BCUT2D eigenvalue weighted by atomic mass is 10.5. The van der Waals surface area contributed by atoms with Gasteiger partial charge in [0, 0.05) is 13.1 Å². The summed E-state index contributed by atoms with van der Waals surface area (Å²) in [5.41, 5.74) is 0.924.